The van der Waals surface area contributed by atoms with E-state index < -0.39 is 11.4 Å². The zero-order chi connectivity index (χ0) is 16.6. The van der Waals surface area contributed by atoms with Crippen molar-refractivity contribution in [2.75, 3.05) is 20.3 Å². The molecule has 2 N–H and O–H groups in total. The van der Waals surface area contributed by atoms with E-state index in [2.05, 4.69) is 5.10 Å². The van der Waals surface area contributed by atoms with Crippen molar-refractivity contribution in [2.45, 2.75) is 44.1 Å². The van der Waals surface area contributed by atoms with Gasteiger partial charge in [0.05, 0.1) is 18.6 Å². The summed E-state index contributed by atoms with van der Waals surface area (Å²) in [5.74, 6) is -0.507. The van der Waals surface area contributed by atoms with Crippen LogP contribution >= 0.6 is 0 Å². The minimum Gasteiger partial charge on any atom is -0.382 e. The Morgan fingerprint density at radius 1 is 1.35 bits per heavy atom. The van der Waals surface area contributed by atoms with Crippen LogP contribution in [0, 0.1) is 0 Å². The standard InChI is InChI=1S/C16H24N4O3/c1-19-12-6-3-5-11(12)14(18-19)15(22)20-8-4-7-16(20,10-23-2)9-13(17)21/h3-10H2,1-2H3,(H2,17,21)/t16-/m0/s1. The second-order valence-corrected chi connectivity index (χ2v) is 6.61. The Balaban J connectivity index is 1.94. The first kappa shape index (κ1) is 16.0. The Labute approximate surface area is 135 Å². The van der Waals surface area contributed by atoms with E-state index in [1.165, 1.54) is 0 Å². The minimum atomic E-state index is -0.638. The fourth-order valence-electron chi connectivity index (χ4n) is 4.14. The molecule has 1 atom stereocenters. The lowest BCUT2D eigenvalue weighted by Crippen LogP contribution is -2.52. The van der Waals surface area contributed by atoms with Gasteiger partial charge in [0.1, 0.15) is 0 Å². The number of likely N-dealkylation sites (tertiary alicyclic amines) is 1. The molecule has 2 amide bonds. The first-order valence-corrected chi connectivity index (χ1v) is 8.12. The van der Waals surface area contributed by atoms with E-state index in [0.717, 1.165) is 43.4 Å². The third kappa shape index (κ3) is 2.63. The largest absolute Gasteiger partial charge is 0.382 e. The summed E-state index contributed by atoms with van der Waals surface area (Å²) in [6.45, 7) is 0.928. The smallest absolute Gasteiger partial charge is 0.275 e. The molecule has 1 aliphatic carbocycles. The first-order valence-electron chi connectivity index (χ1n) is 8.12. The number of hydrogen-bond donors (Lipinski definition) is 1. The molecular weight excluding hydrogens is 296 g/mol. The lowest BCUT2D eigenvalue weighted by molar-refractivity contribution is -0.121. The molecule has 7 nitrogen and oxygen atoms in total. The molecule has 0 bridgehead atoms. The highest BCUT2D eigenvalue weighted by molar-refractivity contribution is 5.95. The Bertz CT molecular complexity index is 640. The van der Waals surface area contributed by atoms with Crippen LogP contribution in [-0.2, 0) is 29.4 Å². The van der Waals surface area contributed by atoms with Crippen molar-refractivity contribution < 1.29 is 14.3 Å². The quantitative estimate of drug-likeness (QED) is 0.850. The zero-order valence-corrected chi connectivity index (χ0v) is 13.8. The lowest BCUT2D eigenvalue weighted by atomic mass is 9.92. The van der Waals surface area contributed by atoms with Gasteiger partial charge in [-0.2, -0.15) is 5.10 Å². The highest BCUT2D eigenvalue weighted by atomic mass is 16.5. The minimum absolute atomic E-state index is 0.0976. The summed E-state index contributed by atoms with van der Waals surface area (Å²) >= 11 is 0. The maximum atomic E-state index is 13.1. The highest BCUT2D eigenvalue weighted by Gasteiger charge is 2.46. The van der Waals surface area contributed by atoms with Crippen molar-refractivity contribution in [1.29, 1.82) is 0 Å². The molecule has 3 rings (SSSR count). The molecule has 2 heterocycles. The van der Waals surface area contributed by atoms with Gasteiger partial charge in [0.25, 0.3) is 5.91 Å². The fourth-order valence-corrected chi connectivity index (χ4v) is 4.14. The van der Waals surface area contributed by atoms with Crippen molar-refractivity contribution in [3.05, 3.63) is 17.0 Å². The summed E-state index contributed by atoms with van der Waals surface area (Å²) in [6, 6.07) is 0. The predicted octanol–water partition coefficient (Wildman–Crippen LogP) is 0.405. The molecular formula is C16H24N4O3. The number of rotatable bonds is 5. The SMILES string of the molecule is COC[C@@]1(CC(N)=O)CCCN1C(=O)c1nn(C)c2c1CCC2. The van der Waals surface area contributed by atoms with Crippen LogP contribution in [0.3, 0.4) is 0 Å². The number of carbonyl (C=O) groups is 2. The van der Waals surface area contributed by atoms with Crippen molar-refractivity contribution in [3.8, 4) is 0 Å². The van der Waals surface area contributed by atoms with Gasteiger partial charge in [0.2, 0.25) is 5.91 Å². The molecule has 0 saturated carbocycles. The van der Waals surface area contributed by atoms with E-state index in [9.17, 15) is 9.59 Å². The number of carbonyl (C=O) groups excluding carboxylic acids is 2. The van der Waals surface area contributed by atoms with Crippen LogP contribution in [-0.4, -0.2) is 52.3 Å². The van der Waals surface area contributed by atoms with Crippen molar-refractivity contribution in [2.24, 2.45) is 12.8 Å². The Hall–Kier alpha value is -1.89. The third-order valence-corrected chi connectivity index (χ3v) is 5.08. The van der Waals surface area contributed by atoms with Gasteiger partial charge in [-0.3, -0.25) is 14.3 Å². The predicted molar refractivity (Wildman–Crippen MR) is 83.9 cm³/mol. The third-order valence-electron chi connectivity index (χ3n) is 5.08. The number of aryl methyl sites for hydroxylation is 1. The van der Waals surface area contributed by atoms with Gasteiger partial charge in [-0.1, -0.05) is 0 Å². The first-order chi connectivity index (χ1) is 11.0. The van der Waals surface area contributed by atoms with E-state index in [1.54, 1.807) is 12.0 Å². The lowest BCUT2D eigenvalue weighted by Gasteiger charge is -2.37. The molecule has 0 radical (unpaired) electrons. The molecule has 0 aromatic carbocycles. The van der Waals surface area contributed by atoms with E-state index in [-0.39, 0.29) is 12.3 Å². The molecule has 1 aromatic rings. The molecule has 1 saturated heterocycles. The number of nitrogens with zero attached hydrogens (tertiary/aromatic N) is 3. The van der Waals surface area contributed by atoms with Gasteiger partial charge in [-0.25, -0.2) is 0 Å². The van der Waals surface area contributed by atoms with Crippen molar-refractivity contribution in [3.63, 3.8) is 0 Å². The van der Waals surface area contributed by atoms with Gasteiger partial charge in [-0.15, -0.1) is 0 Å². The molecule has 0 unspecified atom stereocenters. The number of fused-ring (bicyclic) bond motifs is 1. The number of nitrogens with two attached hydrogens (primary N) is 1. The average molecular weight is 320 g/mol. The summed E-state index contributed by atoms with van der Waals surface area (Å²) in [6.07, 6.45) is 4.62. The maximum Gasteiger partial charge on any atom is 0.275 e. The van der Waals surface area contributed by atoms with Gasteiger partial charge in [-0.05, 0) is 32.1 Å². The molecule has 126 valence electrons. The number of methoxy groups -OCH3 is 1. The molecule has 7 heteroatoms. The molecule has 1 aromatic heterocycles. The Morgan fingerprint density at radius 2 is 2.13 bits per heavy atom. The highest BCUT2D eigenvalue weighted by Crippen LogP contribution is 2.35. The van der Waals surface area contributed by atoms with E-state index in [1.807, 2.05) is 11.7 Å². The van der Waals surface area contributed by atoms with Crippen LogP contribution in [0.25, 0.3) is 0 Å². The van der Waals surface area contributed by atoms with Gasteiger partial charge in [0.15, 0.2) is 5.69 Å². The van der Waals surface area contributed by atoms with Crippen LogP contribution in [0.4, 0.5) is 0 Å². The van der Waals surface area contributed by atoms with Gasteiger partial charge >= 0.3 is 0 Å². The summed E-state index contributed by atoms with van der Waals surface area (Å²) in [4.78, 5) is 26.4. The molecule has 0 spiro atoms. The van der Waals surface area contributed by atoms with Crippen molar-refractivity contribution >= 4 is 11.8 Å². The van der Waals surface area contributed by atoms with Crippen LogP contribution < -0.4 is 5.73 Å². The summed E-state index contributed by atoms with van der Waals surface area (Å²) in [5.41, 5.74) is 7.54. The zero-order valence-electron chi connectivity index (χ0n) is 13.8. The Kier molecular flexibility index (Phi) is 4.14. The number of amides is 2. The Morgan fingerprint density at radius 3 is 2.83 bits per heavy atom. The summed E-state index contributed by atoms with van der Waals surface area (Å²) in [7, 11) is 3.47. The monoisotopic (exact) mass is 320 g/mol. The number of hydrogen-bond acceptors (Lipinski definition) is 4. The van der Waals surface area contributed by atoms with Crippen molar-refractivity contribution in [1.82, 2.24) is 14.7 Å². The molecule has 1 aliphatic heterocycles. The average Bonchev–Trinajstić information content (AvgIpc) is 3.15. The molecule has 1 fully saturated rings. The second kappa shape index (κ2) is 5.96. The van der Waals surface area contributed by atoms with Gasteiger partial charge in [0, 0.05) is 32.0 Å². The topological polar surface area (TPSA) is 90.4 Å². The van der Waals surface area contributed by atoms with Crippen LogP contribution in [0.15, 0.2) is 0 Å². The number of primary amides is 1. The molecule has 2 aliphatic rings. The van der Waals surface area contributed by atoms with Crippen LogP contribution in [0.5, 0.6) is 0 Å². The van der Waals surface area contributed by atoms with Gasteiger partial charge < -0.3 is 15.4 Å². The fraction of sp³-hybridized carbons (Fsp3) is 0.688. The number of aromatic nitrogens is 2. The number of ether oxygens (including phenoxy) is 1. The molecule has 23 heavy (non-hydrogen) atoms. The summed E-state index contributed by atoms with van der Waals surface area (Å²) in [5, 5.41) is 4.45. The maximum absolute atomic E-state index is 13.1. The normalized spacial score (nSPS) is 23.3. The van der Waals surface area contributed by atoms with Crippen LogP contribution in [0.1, 0.15) is 47.4 Å². The summed E-state index contributed by atoms with van der Waals surface area (Å²) < 4.78 is 7.13. The second-order valence-electron chi connectivity index (χ2n) is 6.61. The van der Waals surface area contributed by atoms with E-state index >= 15 is 0 Å². The van der Waals surface area contributed by atoms with E-state index in [4.69, 9.17) is 10.5 Å². The van der Waals surface area contributed by atoms with E-state index in [0.29, 0.717) is 18.8 Å². The van der Waals surface area contributed by atoms with Crippen LogP contribution in [0.2, 0.25) is 0 Å².